The lowest BCUT2D eigenvalue weighted by atomic mass is 10.3. The molecule has 1 heterocycles. The number of hydrogen-bond donors (Lipinski definition) is 2. The summed E-state index contributed by atoms with van der Waals surface area (Å²) >= 11 is 0. The third-order valence-electron chi connectivity index (χ3n) is 2.27. The molecule has 0 spiro atoms. The molecule has 0 atom stereocenters. The largest absolute Gasteiger partial charge is 0.322 e. The van der Waals surface area contributed by atoms with Crippen LogP contribution in [0.15, 0.2) is 30.5 Å². The van der Waals surface area contributed by atoms with Gasteiger partial charge in [0, 0.05) is 6.92 Å². The summed E-state index contributed by atoms with van der Waals surface area (Å²) < 4.78 is 13.3. The Labute approximate surface area is 113 Å². The van der Waals surface area contributed by atoms with Crippen molar-refractivity contribution in [1.82, 2.24) is 15.0 Å². The summed E-state index contributed by atoms with van der Waals surface area (Å²) in [5, 5.41) is 12.5. The lowest BCUT2D eigenvalue weighted by Crippen LogP contribution is -2.21. The van der Waals surface area contributed by atoms with E-state index in [-0.39, 0.29) is 24.0 Å². The topological polar surface area (TPSA) is 88.9 Å². The average molecular weight is 277 g/mol. The number of aromatic nitrogens is 3. The van der Waals surface area contributed by atoms with Crippen molar-refractivity contribution in [3.05, 3.63) is 36.3 Å². The van der Waals surface area contributed by atoms with Gasteiger partial charge in [-0.3, -0.25) is 9.59 Å². The second-order valence-electron chi connectivity index (χ2n) is 3.97. The Hall–Kier alpha value is -2.77. The van der Waals surface area contributed by atoms with Gasteiger partial charge in [-0.2, -0.15) is 9.90 Å². The molecule has 0 fully saturated rings. The summed E-state index contributed by atoms with van der Waals surface area (Å²) in [6.45, 7) is 1.15. The molecule has 104 valence electrons. The molecular formula is C12H12FN5O2. The van der Waals surface area contributed by atoms with Crippen LogP contribution >= 0.6 is 0 Å². The van der Waals surface area contributed by atoms with E-state index in [1.54, 1.807) is 6.07 Å². The third kappa shape index (κ3) is 3.61. The molecular weight excluding hydrogens is 265 g/mol. The molecule has 0 radical (unpaired) electrons. The molecule has 0 aliphatic heterocycles. The van der Waals surface area contributed by atoms with Crippen LogP contribution in [0.2, 0.25) is 0 Å². The van der Waals surface area contributed by atoms with Crippen molar-refractivity contribution in [2.45, 2.75) is 13.5 Å². The minimum absolute atomic E-state index is 0.0896. The number of amides is 2. The minimum Gasteiger partial charge on any atom is -0.322 e. The zero-order valence-corrected chi connectivity index (χ0v) is 10.6. The first-order chi connectivity index (χ1) is 9.54. The highest BCUT2D eigenvalue weighted by molar-refractivity contribution is 5.90. The molecule has 8 heteroatoms. The molecule has 0 unspecified atom stereocenters. The zero-order valence-electron chi connectivity index (χ0n) is 10.6. The molecule has 7 nitrogen and oxygen atoms in total. The van der Waals surface area contributed by atoms with E-state index in [0.29, 0.717) is 0 Å². The quantitative estimate of drug-likeness (QED) is 0.873. The van der Waals surface area contributed by atoms with Gasteiger partial charge in [-0.15, -0.1) is 5.10 Å². The highest BCUT2D eigenvalue weighted by Crippen LogP contribution is 2.12. The second-order valence-corrected chi connectivity index (χ2v) is 3.97. The van der Waals surface area contributed by atoms with Crippen molar-refractivity contribution in [2.24, 2.45) is 0 Å². The lowest BCUT2D eigenvalue weighted by molar-refractivity contribution is -0.117. The van der Waals surface area contributed by atoms with Crippen LogP contribution < -0.4 is 10.6 Å². The fourth-order valence-corrected chi connectivity index (χ4v) is 1.49. The van der Waals surface area contributed by atoms with Crippen molar-refractivity contribution in [2.75, 3.05) is 10.6 Å². The molecule has 2 rings (SSSR count). The summed E-state index contributed by atoms with van der Waals surface area (Å²) in [7, 11) is 0. The van der Waals surface area contributed by atoms with Crippen molar-refractivity contribution in [1.29, 1.82) is 0 Å². The summed E-state index contributed by atoms with van der Waals surface area (Å²) in [5.74, 6) is -1.03. The van der Waals surface area contributed by atoms with E-state index in [1.165, 1.54) is 31.3 Å². The standard InChI is InChI=1S/C12H12FN5O2/c1-8(19)15-11-6-14-18(17-11)7-12(20)16-10-5-3-2-4-9(10)13/h2-6H,7H2,1H3,(H,16,20)(H,15,17,19). The molecule has 0 aliphatic carbocycles. The van der Waals surface area contributed by atoms with Gasteiger partial charge in [-0.1, -0.05) is 12.1 Å². The maximum absolute atomic E-state index is 13.3. The smallest absolute Gasteiger partial charge is 0.248 e. The molecule has 1 aromatic carbocycles. The molecule has 20 heavy (non-hydrogen) atoms. The number of rotatable bonds is 4. The van der Waals surface area contributed by atoms with Gasteiger partial charge in [0.05, 0.1) is 11.9 Å². The molecule has 0 saturated carbocycles. The summed E-state index contributed by atoms with van der Waals surface area (Å²) in [6.07, 6.45) is 1.32. The van der Waals surface area contributed by atoms with Crippen LogP contribution in [0.4, 0.5) is 15.9 Å². The van der Waals surface area contributed by atoms with E-state index in [0.717, 1.165) is 4.80 Å². The normalized spacial score (nSPS) is 10.1. The van der Waals surface area contributed by atoms with Crippen LogP contribution in [0.3, 0.4) is 0 Å². The molecule has 2 amide bonds. The number of halogens is 1. The predicted octanol–water partition coefficient (Wildman–Crippen LogP) is 1.01. The van der Waals surface area contributed by atoms with Crippen LogP contribution in [0.1, 0.15) is 6.92 Å². The number of nitrogens with one attached hydrogen (secondary N) is 2. The number of anilines is 2. The Morgan fingerprint density at radius 2 is 2.05 bits per heavy atom. The number of nitrogens with zero attached hydrogens (tertiary/aromatic N) is 3. The van der Waals surface area contributed by atoms with E-state index in [4.69, 9.17) is 0 Å². The van der Waals surface area contributed by atoms with Gasteiger partial charge in [0.1, 0.15) is 12.4 Å². The van der Waals surface area contributed by atoms with E-state index in [1.807, 2.05) is 0 Å². The predicted molar refractivity (Wildman–Crippen MR) is 69.4 cm³/mol. The van der Waals surface area contributed by atoms with Gasteiger partial charge in [0.25, 0.3) is 0 Å². The Morgan fingerprint density at radius 3 is 2.75 bits per heavy atom. The van der Waals surface area contributed by atoms with E-state index >= 15 is 0 Å². The van der Waals surface area contributed by atoms with Gasteiger partial charge in [0.15, 0.2) is 5.82 Å². The van der Waals surface area contributed by atoms with Crippen molar-refractivity contribution >= 4 is 23.3 Å². The Balaban J connectivity index is 1.96. The maximum Gasteiger partial charge on any atom is 0.248 e. The first kappa shape index (κ1) is 13.7. The molecule has 0 bridgehead atoms. The second kappa shape index (κ2) is 5.91. The number of para-hydroxylation sites is 1. The number of carbonyl (C=O) groups excluding carboxylic acids is 2. The highest BCUT2D eigenvalue weighted by Gasteiger charge is 2.09. The number of carbonyl (C=O) groups is 2. The van der Waals surface area contributed by atoms with Crippen LogP contribution in [0, 0.1) is 5.82 Å². The monoisotopic (exact) mass is 277 g/mol. The molecule has 2 aromatic rings. The summed E-state index contributed by atoms with van der Waals surface area (Å²) in [4.78, 5) is 23.6. The fraction of sp³-hybridized carbons (Fsp3) is 0.167. The summed E-state index contributed by atoms with van der Waals surface area (Å²) in [5.41, 5.74) is 0.0896. The average Bonchev–Trinajstić information content (AvgIpc) is 2.78. The van der Waals surface area contributed by atoms with Crippen molar-refractivity contribution in [3.63, 3.8) is 0 Å². The molecule has 0 saturated heterocycles. The van der Waals surface area contributed by atoms with Crippen molar-refractivity contribution < 1.29 is 14.0 Å². The van der Waals surface area contributed by atoms with E-state index < -0.39 is 11.7 Å². The van der Waals surface area contributed by atoms with Crippen LogP contribution in [-0.2, 0) is 16.1 Å². The zero-order chi connectivity index (χ0) is 14.5. The third-order valence-corrected chi connectivity index (χ3v) is 2.27. The Bertz CT molecular complexity index is 640. The minimum atomic E-state index is -0.520. The van der Waals surface area contributed by atoms with Crippen LogP contribution in [0.5, 0.6) is 0 Å². The molecule has 1 aromatic heterocycles. The van der Waals surface area contributed by atoms with Crippen LogP contribution in [-0.4, -0.2) is 26.8 Å². The highest BCUT2D eigenvalue weighted by atomic mass is 19.1. The summed E-state index contributed by atoms with van der Waals surface area (Å²) in [6, 6.07) is 5.84. The van der Waals surface area contributed by atoms with E-state index in [2.05, 4.69) is 20.8 Å². The maximum atomic E-state index is 13.3. The van der Waals surface area contributed by atoms with Gasteiger partial charge in [0.2, 0.25) is 11.8 Å². The van der Waals surface area contributed by atoms with Crippen molar-refractivity contribution in [3.8, 4) is 0 Å². The van der Waals surface area contributed by atoms with Gasteiger partial charge in [-0.25, -0.2) is 4.39 Å². The van der Waals surface area contributed by atoms with Crippen LogP contribution in [0.25, 0.3) is 0 Å². The van der Waals surface area contributed by atoms with Gasteiger partial charge >= 0.3 is 0 Å². The SMILES string of the molecule is CC(=O)Nc1cnn(CC(=O)Nc2ccccc2F)n1. The lowest BCUT2D eigenvalue weighted by Gasteiger charge is -2.05. The van der Waals surface area contributed by atoms with E-state index in [9.17, 15) is 14.0 Å². The first-order valence-electron chi connectivity index (χ1n) is 5.76. The fourth-order valence-electron chi connectivity index (χ4n) is 1.49. The number of hydrogen-bond acceptors (Lipinski definition) is 4. The molecule has 2 N–H and O–H groups in total. The first-order valence-corrected chi connectivity index (χ1v) is 5.76. The molecule has 0 aliphatic rings. The van der Waals surface area contributed by atoms with Gasteiger partial charge < -0.3 is 10.6 Å². The number of benzene rings is 1. The van der Waals surface area contributed by atoms with Gasteiger partial charge in [-0.05, 0) is 12.1 Å². The Morgan fingerprint density at radius 1 is 1.30 bits per heavy atom. The Kier molecular flexibility index (Phi) is 4.04.